The summed E-state index contributed by atoms with van der Waals surface area (Å²) in [6.07, 6.45) is 4.07. The second kappa shape index (κ2) is 6.07. The molecule has 3 nitrogen and oxygen atoms in total. The zero-order valence-electron chi connectivity index (χ0n) is 11.1. The fourth-order valence-electron chi connectivity index (χ4n) is 2.15. The Hall–Kier alpha value is -1.84. The summed E-state index contributed by atoms with van der Waals surface area (Å²) in [5.41, 5.74) is 4.43. The SMILES string of the molecule is ClCc1ccc(CNCc2cn3ccccc3n2)cc1. The molecule has 1 aromatic carbocycles. The summed E-state index contributed by atoms with van der Waals surface area (Å²) in [4.78, 5) is 4.55. The number of pyridine rings is 1. The van der Waals surface area contributed by atoms with E-state index in [1.54, 1.807) is 0 Å². The van der Waals surface area contributed by atoms with Gasteiger partial charge in [-0.25, -0.2) is 4.98 Å². The van der Waals surface area contributed by atoms with E-state index in [4.69, 9.17) is 11.6 Å². The minimum Gasteiger partial charge on any atom is -0.307 e. The quantitative estimate of drug-likeness (QED) is 0.729. The van der Waals surface area contributed by atoms with Crippen LogP contribution in [0.5, 0.6) is 0 Å². The Morgan fingerprint density at radius 1 is 1.00 bits per heavy atom. The van der Waals surface area contributed by atoms with Gasteiger partial charge in [0.2, 0.25) is 0 Å². The highest BCUT2D eigenvalue weighted by atomic mass is 35.5. The minimum absolute atomic E-state index is 0.564. The molecule has 0 spiro atoms. The number of alkyl halides is 1. The van der Waals surface area contributed by atoms with Crippen molar-refractivity contribution in [3.8, 4) is 0 Å². The number of aromatic nitrogens is 2. The maximum Gasteiger partial charge on any atom is 0.137 e. The molecule has 0 saturated heterocycles. The number of nitrogens with one attached hydrogen (secondary N) is 1. The van der Waals surface area contributed by atoms with E-state index in [9.17, 15) is 0 Å². The van der Waals surface area contributed by atoms with E-state index >= 15 is 0 Å². The van der Waals surface area contributed by atoms with Gasteiger partial charge in [-0.1, -0.05) is 30.3 Å². The van der Waals surface area contributed by atoms with Crippen molar-refractivity contribution in [1.82, 2.24) is 14.7 Å². The molecule has 3 aromatic rings. The van der Waals surface area contributed by atoms with E-state index in [0.29, 0.717) is 5.88 Å². The van der Waals surface area contributed by atoms with Gasteiger partial charge in [0.1, 0.15) is 5.65 Å². The Labute approximate surface area is 123 Å². The van der Waals surface area contributed by atoms with Crippen molar-refractivity contribution >= 4 is 17.2 Å². The molecular weight excluding hydrogens is 270 g/mol. The van der Waals surface area contributed by atoms with Crippen LogP contribution in [0, 0.1) is 0 Å². The summed E-state index contributed by atoms with van der Waals surface area (Å²) < 4.78 is 2.03. The first kappa shape index (κ1) is 13.2. The lowest BCUT2D eigenvalue weighted by atomic mass is 10.1. The number of rotatable bonds is 5. The Morgan fingerprint density at radius 3 is 2.55 bits per heavy atom. The molecule has 0 saturated carbocycles. The lowest BCUT2D eigenvalue weighted by Gasteiger charge is -2.03. The van der Waals surface area contributed by atoms with Crippen LogP contribution in [0.15, 0.2) is 54.9 Å². The highest BCUT2D eigenvalue weighted by molar-refractivity contribution is 6.17. The second-order valence-electron chi connectivity index (χ2n) is 4.75. The second-order valence-corrected chi connectivity index (χ2v) is 5.02. The fourth-order valence-corrected chi connectivity index (χ4v) is 2.33. The van der Waals surface area contributed by atoms with Crippen molar-refractivity contribution in [2.75, 3.05) is 0 Å². The van der Waals surface area contributed by atoms with Crippen LogP contribution < -0.4 is 5.32 Å². The van der Waals surface area contributed by atoms with E-state index in [-0.39, 0.29) is 0 Å². The van der Waals surface area contributed by atoms with Gasteiger partial charge in [0.05, 0.1) is 5.69 Å². The third kappa shape index (κ3) is 3.00. The van der Waals surface area contributed by atoms with Gasteiger partial charge in [-0.2, -0.15) is 0 Å². The summed E-state index contributed by atoms with van der Waals surface area (Å²) in [5, 5.41) is 3.41. The number of hydrogen-bond acceptors (Lipinski definition) is 2. The van der Waals surface area contributed by atoms with Crippen LogP contribution >= 0.6 is 11.6 Å². The van der Waals surface area contributed by atoms with Crippen molar-refractivity contribution in [3.05, 3.63) is 71.7 Å². The first-order valence-electron chi connectivity index (χ1n) is 6.62. The average molecular weight is 286 g/mol. The first-order chi connectivity index (χ1) is 9.85. The zero-order chi connectivity index (χ0) is 13.8. The molecule has 2 heterocycles. The third-order valence-corrected chi connectivity index (χ3v) is 3.54. The predicted molar refractivity (Wildman–Crippen MR) is 81.7 cm³/mol. The zero-order valence-corrected chi connectivity index (χ0v) is 11.8. The third-order valence-electron chi connectivity index (χ3n) is 3.23. The lowest BCUT2D eigenvalue weighted by Crippen LogP contribution is -2.12. The fraction of sp³-hybridized carbons (Fsp3) is 0.188. The number of halogens is 1. The maximum absolute atomic E-state index is 5.78. The Bertz CT molecular complexity index is 655. The molecule has 4 heteroatoms. The van der Waals surface area contributed by atoms with Crippen LogP contribution in [0.1, 0.15) is 16.8 Å². The normalized spacial score (nSPS) is 11.1. The maximum atomic E-state index is 5.78. The summed E-state index contributed by atoms with van der Waals surface area (Å²) in [6, 6.07) is 14.4. The minimum atomic E-state index is 0.564. The predicted octanol–water partition coefficient (Wildman–Crippen LogP) is 3.36. The standard InChI is InChI=1S/C16H16ClN3/c17-9-13-4-6-14(7-5-13)10-18-11-15-12-20-8-2-1-3-16(20)19-15/h1-8,12,18H,9-11H2. The van der Waals surface area contributed by atoms with Gasteiger partial charge >= 0.3 is 0 Å². The molecule has 0 atom stereocenters. The van der Waals surface area contributed by atoms with Crippen molar-refractivity contribution in [2.45, 2.75) is 19.0 Å². The van der Waals surface area contributed by atoms with E-state index in [1.165, 1.54) is 5.56 Å². The van der Waals surface area contributed by atoms with Crippen LogP contribution in [-0.4, -0.2) is 9.38 Å². The molecule has 0 bridgehead atoms. The van der Waals surface area contributed by atoms with Crippen LogP contribution in [-0.2, 0) is 19.0 Å². The van der Waals surface area contributed by atoms with E-state index in [1.807, 2.05) is 28.8 Å². The van der Waals surface area contributed by atoms with Crippen LogP contribution in [0.4, 0.5) is 0 Å². The number of hydrogen-bond donors (Lipinski definition) is 1. The number of fused-ring (bicyclic) bond motifs is 1. The largest absolute Gasteiger partial charge is 0.307 e. The summed E-state index contributed by atoms with van der Waals surface area (Å²) in [7, 11) is 0. The topological polar surface area (TPSA) is 29.3 Å². The molecule has 0 fully saturated rings. The summed E-state index contributed by atoms with van der Waals surface area (Å²) in [5.74, 6) is 0.564. The molecule has 0 radical (unpaired) electrons. The van der Waals surface area contributed by atoms with Crippen molar-refractivity contribution < 1.29 is 0 Å². The number of nitrogens with zero attached hydrogens (tertiary/aromatic N) is 2. The highest BCUT2D eigenvalue weighted by Gasteiger charge is 2.00. The average Bonchev–Trinajstić information content (AvgIpc) is 2.90. The molecular formula is C16H16ClN3. The van der Waals surface area contributed by atoms with Gasteiger partial charge in [0.25, 0.3) is 0 Å². The molecule has 0 unspecified atom stereocenters. The van der Waals surface area contributed by atoms with Crippen molar-refractivity contribution in [2.24, 2.45) is 0 Å². The molecule has 1 N–H and O–H groups in total. The van der Waals surface area contributed by atoms with Crippen LogP contribution in [0.3, 0.4) is 0 Å². The molecule has 0 aliphatic rings. The molecule has 0 aliphatic carbocycles. The van der Waals surface area contributed by atoms with Gasteiger partial charge in [0.15, 0.2) is 0 Å². The molecule has 0 amide bonds. The molecule has 2 aromatic heterocycles. The Kier molecular flexibility index (Phi) is 4.00. The highest BCUT2D eigenvalue weighted by Crippen LogP contribution is 2.08. The molecule has 102 valence electrons. The van der Waals surface area contributed by atoms with Crippen LogP contribution in [0.25, 0.3) is 5.65 Å². The number of imidazole rings is 1. The van der Waals surface area contributed by atoms with Gasteiger partial charge in [-0.3, -0.25) is 0 Å². The molecule has 0 aliphatic heterocycles. The van der Waals surface area contributed by atoms with Crippen molar-refractivity contribution in [3.63, 3.8) is 0 Å². The Morgan fingerprint density at radius 2 is 1.80 bits per heavy atom. The van der Waals surface area contributed by atoms with E-state index in [0.717, 1.165) is 30.0 Å². The first-order valence-corrected chi connectivity index (χ1v) is 7.16. The summed E-state index contributed by atoms with van der Waals surface area (Å²) >= 11 is 5.78. The van der Waals surface area contributed by atoms with E-state index in [2.05, 4.69) is 40.8 Å². The number of benzene rings is 1. The van der Waals surface area contributed by atoms with Gasteiger partial charge in [-0.15, -0.1) is 11.6 Å². The van der Waals surface area contributed by atoms with Gasteiger partial charge < -0.3 is 9.72 Å². The lowest BCUT2D eigenvalue weighted by molar-refractivity contribution is 0.682. The van der Waals surface area contributed by atoms with Gasteiger partial charge in [0, 0.05) is 31.4 Å². The smallest absolute Gasteiger partial charge is 0.137 e. The van der Waals surface area contributed by atoms with Gasteiger partial charge in [-0.05, 0) is 23.3 Å². The molecule has 3 rings (SSSR count). The summed E-state index contributed by atoms with van der Waals surface area (Å²) in [6.45, 7) is 1.59. The van der Waals surface area contributed by atoms with Crippen LogP contribution in [0.2, 0.25) is 0 Å². The van der Waals surface area contributed by atoms with E-state index < -0.39 is 0 Å². The monoisotopic (exact) mass is 285 g/mol. The van der Waals surface area contributed by atoms with Crippen molar-refractivity contribution in [1.29, 1.82) is 0 Å². The Balaban J connectivity index is 1.58. The molecule has 20 heavy (non-hydrogen) atoms.